The molecule has 8 aromatic carbocycles. The van der Waals surface area contributed by atoms with E-state index >= 15 is 0 Å². The molecular formula is C58H53NO. The maximum Gasteiger partial charge on any atom is 0.263 e. The Balaban J connectivity index is 1.19. The van der Waals surface area contributed by atoms with E-state index in [1.165, 1.54) is 125 Å². The van der Waals surface area contributed by atoms with Gasteiger partial charge in [-0.15, -0.1) is 0 Å². The molecule has 2 nitrogen and oxygen atoms in total. The van der Waals surface area contributed by atoms with E-state index in [4.69, 9.17) is 0 Å². The largest absolute Gasteiger partial charge is 0.276 e. The Labute approximate surface area is 354 Å². The third kappa shape index (κ3) is 6.27. The molecule has 0 N–H and O–H groups in total. The number of hydrogen-bond donors (Lipinski definition) is 0. The minimum Gasteiger partial charge on any atom is -0.276 e. The second-order valence-electron chi connectivity index (χ2n) is 17.1. The van der Waals surface area contributed by atoms with Crippen molar-refractivity contribution in [3.63, 3.8) is 0 Å². The molecule has 0 amide bonds. The molecule has 0 saturated heterocycles. The minimum absolute atomic E-state index is 0.000632. The number of rotatable bonds is 13. The smallest absolute Gasteiger partial charge is 0.263 e. The highest BCUT2D eigenvalue weighted by Gasteiger charge is 2.42. The number of fused-ring (bicyclic) bond motifs is 8. The number of hydrogen-bond acceptors (Lipinski definition) is 1. The van der Waals surface area contributed by atoms with Gasteiger partial charge in [0.2, 0.25) is 0 Å². The van der Waals surface area contributed by atoms with Gasteiger partial charge in [-0.2, -0.15) is 0 Å². The van der Waals surface area contributed by atoms with E-state index in [0.29, 0.717) is 0 Å². The molecule has 0 unspecified atom stereocenters. The topological polar surface area (TPSA) is 22.0 Å². The van der Waals surface area contributed by atoms with E-state index in [-0.39, 0.29) is 11.0 Å². The maximum absolute atomic E-state index is 14.1. The summed E-state index contributed by atoms with van der Waals surface area (Å²) in [7, 11) is 0. The summed E-state index contributed by atoms with van der Waals surface area (Å²) in [5, 5.41) is 7.76. The molecule has 10 rings (SSSR count). The first-order valence-corrected chi connectivity index (χ1v) is 22.4. The minimum atomic E-state index is 0.000632. The second-order valence-corrected chi connectivity index (χ2v) is 17.1. The molecule has 2 heteroatoms. The van der Waals surface area contributed by atoms with E-state index < -0.39 is 0 Å². The van der Waals surface area contributed by atoms with Gasteiger partial charge in [-0.05, 0) is 121 Å². The average Bonchev–Trinajstić information content (AvgIpc) is 3.57. The van der Waals surface area contributed by atoms with Crippen molar-refractivity contribution in [2.75, 3.05) is 0 Å². The van der Waals surface area contributed by atoms with Gasteiger partial charge in [-0.1, -0.05) is 193 Å². The Hall–Kier alpha value is -6.25. The first-order chi connectivity index (χ1) is 29.6. The molecule has 0 aliphatic heterocycles. The van der Waals surface area contributed by atoms with Crippen LogP contribution in [0, 0.1) is 0 Å². The van der Waals surface area contributed by atoms with Gasteiger partial charge >= 0.3 is 0 Å². The number of aromatic nitrogens is 1. The van der Waals surface area contributed by atoms with Gasteiger partial charge in [-0.3, -0.25) is 9.36 Å². The van der Waals surface area contributed by atoms with Crippen LogP contribution < -0.4 is 5.56 Å². The van der Waals surface area contributed by atoms with Crippen LogP contribution in [0.1, 0.15) is 89.2 Å². The quantitative estimate of drug-likeness (QED) is 0.0649. The number of pyridine rings is 1. The van der Waals surface area contributed by atoms with Crippen LogP contribution in [0.15, 0.2) is 169 Å². The highest BCUT2D eigenvalue weighted by molar-refractivity contribution is 6.22. The fourth-order valence-corrected chi connectivity index (χ4v) is 10.8. The number of unbranched alkanes of at least 4 members (excludes halogenated alkanes) is 6. The lowest BCUT2D eigenvalue weighted by Gasteiger charge is -2.33. The molecule has 1 heterocycles. The molecular weight excluding hydrogens is 727 g/mol. The van der Waals surface area contributed by atoms with Gasteiger partial charge in [0.05, 0.1) is 5.52 Å². The van der Waals surface area contributed by atoms with Crippen molar-refractivity contribution >= 4 is 43.2 Å². The lowest BCUT2D eigenvalue weighted by molar-refractivity contribution is 0.401. The Morgan fingerprint density at radius 3 is 1.53 bits per heavy atom. The van der Waals surface area contributed by atoms with Crippen molar-refractivity contribution in [3.8, 4) is 39.1 Å². The molecule has 0 radical (unpaired) electrons. The highest BCUT2D eigenvalue weighted by Crippen LogP contribution is 2.56. The van der Waals surface area contributed by atoms with Gasteiger partial charge in [0.25, 0.3) is 5.56 Å². The molecule has 60 heavy (non-hydrogen) atoms. The summed E-state index contributed by atoms with van der Waals surface area (Å²) in [6.07, 6.45) is 12.6. The van der Waals surface area contributed by atoms with Crippen molar-refractivity contribution in [3.05, 3.63) is 185 Å². The predicted molar refractivity (Wildman–Crippen MR) is 257 cm³/mol. The summed E-state index contributed by atoms with van der Waals surface area (Å²) in [6, 6.07) is 59.6. The Bertz CT molecular complexity index is 3030. The average molecular weight is 780 g/mol. The Morgan fingerprint density at radius 1 is 0.417 bits per heavy atom. The summed E-state index contributed by atoms with van der Waals surface area (Å²) in [5.74, 6) is 0. The zero-order valence-corrected chi connectivity index (χ0v) is 35.0. The normalized spacial score (nSPS) is 13.0. The first kappa shape index (κ1) is 38.0. The van der Waals surface area contributed by atoms with E-state index in [0.717, 1.165) is 32.9 Å². The summed E-state index contributed by atoms with van der Waals surface area (Å²) < 4.78 is 1.88. The monoisotopic (exact) mass is 779 g/mol. The van der Waals surface area contributed by atoms with Crippen LogP contribution in [0.25, 0.3) is 82.3 Å². The van der Waals surface area contributed by atoms with Crippen LogP contribution in [-0.2, 0) is 5.41 Å². The van der Waals surface area contributed by atoms with Crippen molar-refractivity contribution in [1.82, 2.24) is 4.57 Å². The van der Waals surface area contributed by atoms with Crippen LogP contribution >= 0.6 is 0 Å². The Morgan fingerprint density at radius 2 is 0.917 bits per heavy atom. The van der Waals surface area contributed by atoms with Crippen LogP contribution in [0.5, 0.6) is 0 Å². The lowest BCUT2D eigenvalue weighted by Crippen LogP contribution is -2.25. The van der Waals surface area contributed by atoms with Crippen molar-refractivity contribution < 1.29 is 0 Å². The number of nitrogens with zero attached hydrogens (tertiary/aromatic N) is 1. The standard InChI is InChI=1S/C58H53NO/c1-3-5-7-20-36-58(37-21-8-6-4-2)52-31-19-18-25-44(52)45-34-32-41(39-53(45)58)56-48-28-15-13-26-46(48)55(47-27-14-16-29-49(47)56)40-33-35-54-51(38-40)43-24-12-17-30-50(43)57(60)59(54)42-22-10-9-11-23-42/h9-19,22-35,38-39H,3-8,20-21,36-37H2,1-2H3. The highest BCUT2D eigenvalue weighted by atomic mass is 16.1. The summed E-state index contributed by atoms with van der Waals surface area (Å²) in [4.78, 5) is 14.1. The van der Waals surface area contributed by atoms with Crippen LogP contribution in [0.3, 0.4) is 0 Å². The maximum atomic E-state index is 14.1. The zero-order chi connectivity index (χ0) is 40.6. The van der Waals surface area contributed by atoms with Crippen molar-refractivity contribution in [1.29, 1.82) is 0 Å². The number of para-hydroxylation sites is 1. The summed E-state index contributed by atoms with van der Waals surface area (Å²) >= 11 is 0. The molecule has 1 aromatic heterocycles. The molecule has 296 valence electrons. The van der Waals surface area contributed by atoms with Gasteiger partial charge in [0, 0.05) is 21.9 Å². The number of benzene rings is 8. The van der Waals surface area contributed by atoms with Gasteiger partial charge in [-0.25, -0.2) is 0 Å². The summed E-state index contributed by atoms with van der Waals surface area (Å²) in [6.45, 7) is 4.64. The molecule has 0 saturated carbocycles. The molecule has 0 spiro atoms. The fraction of sp³-hybridized carbons (Fsp3) is 0.224. The third-order valence-electron chi connectivity index (χ3n) is 13.6. The SMILES string of the molecule is CCCCCCC1(CCCCCC)c2ccccc2-c2ccc(-c3c4ccccc4c(-c4ccc5c(c4)c4ccccc4c(=O)n5-c4ccccc4)c4ccccc34)cc21. The first-order valence-electron chi connectivity index (χ1n) is 22.4. The van der Waals surface area contributed by atoms with Gasteiger partial charge in [0.1, 0.15) is 0 Å². The lowest BCUT2D eigenvalue weighted by atomic mass is 9.70. The predicted octanol–water partition coefficient (Wildman–Crippen LogP) is 16.0. The second kappa shape index (κ2) is 16.1. The van der Waals surface area contributed by atoms with Gasteiger partial charge in [0.15, 0.2) is 0 Å². The van der Waals surface area contributed by atoms with Gasteiger partial charge < -0.3 is 0 Å². The molecule has 1 aliphatic rings. The molecule has 1 aliphatic carbocycles. The molecule has 9 aromatic rings. The van der Waals surface area contributed by atoms with E-state index in [1.807, 2.05) is 53.1 Å². The molecule has 0 fully saturated rings. The van der Waals surface area contributed by atoms with Crippen LogP contribution in [-0.4, -0.2) is 4.57 Å². The van der Waals surface area contributed by atoms with E-state index in [9.17, 15) is 4.79 Å². The third-order valence-corrected chi connectivity index (χ3v) is 13.6. The fourth-order valence-electron chi connectivity index (χ4n) is 10.8. The van der Waals surface area contributed by atoms with E-state index in [2.05, 4.69) is 129 Å². The molecule has 0 bridgehead atoms. The van der Waals surface area contributed by atoms with Crippen LogP contribution in [0.2, 0.25) is 0 Å². The Kier molecular flexibility index (Phi) is 10.2. The van der Waals surface area contributed by atoms with E-state index in [1.54, 1.807) is 0 Å². The van der Waals surface area contributed by atoms with Crippen molar-refractivity contribution in [2.24, 2.45) is 0 Å². The van der Waals surface area contributed by atoms with Crippen LogP contribution in [0.4, 0.5) is 0 Å². The molecule has 0 atom stereocenters. The van der Waals surface area contributed by atoms with Crippen molar-refractivity contribution in [2.45, 2.75) is 83.5 Å². The zero-order valence-electron chi connectivity index (χ0n) is 35.0. The summed E-state index contributed by atoms with van der Waals surface area (Å²) in [5.41, 5.74) is 12.7.